The quantitative estimate of drug-likeness (QED) is 0.792. The van der Waals surface area contributed by atoms with E-state index in [4.69, 9.17) is 9.57 Å². The molecule has 0 aliphatic carbocycles. The highest BCUT2D eigenvalue weighted by Crippen LogP contribution is 2.25. The number of halogens is 1. The van der Waals surface area contributed by atoms with Crippen molar-refractivity contribution in [3.63, 3.8) is 0 Å². The second-order valence-corrected chi connectivity index (χ2v) is 5.84. The van der Waals surface area contributed by atoms with Crippen LogP contribution in [0, 0.1) is 0 Å². The Morgan fingerprint density at radius 3 is 2.80 bits per heavy atom. The van der Waals surface area contributed by atoms with E-state index >= 15 is 0 Å². The van der Waals surface area contributed by atoms with Gasteiger partial charge in [-0.15, -0.1) is 0 Å². The van der Waals surface area contributed by atoms with E-state index in [1.165, 1.54) is 10.8 Å². The molecule has 104 valence electrons. The molecule has 2 aromatic rings. The highest BCUT2D eigenvalue weighted by atomic mass is 79.9. The average molecular weight is 334 g/mol. The fourth-order valence-electron chi connectivity index (χ4n) is 2.36. The van der Waals surface area contributed by atoms with Crippen molar-refractivity contribution in [3.05, 3.63) is 48.0 Å². The number of rotatable bonds is 3. The SMILES string of the molecule is CCO[C@H]1C[C@H](Br)C(c2ccc3ccccc3c2)=NO1. The largest absolute Gasteiger partial charge is 0.363 e. The Morgan fingerprint density at radius 2 is 2.05 bits per heavy atom. The van der Waals surface area contributed by atoms with E-state index in [2.05, 4.69) is 51.4 Å². The Balaban J connectivity index is 1.90. The van der Waals surface area contributed by atoms with Crippen molar-refractivity contribution in [1.82, 2.24) is 0 Å². The second kappa shape index (κ2) is 5.94. The van der Waals surface area contributed by atoms with Crippen LogP contribution in [0.3, 0.4) is 0 Å². The number of benzene rings is 2. The number of hydrogen-bond acceptors (Lipinski definition) is 3. The van der Waals surface area contributed by atoms with E-state index in [1.54, 1.807) is 0 Å². The monoisotopic (exact) mass is 333 g/mol. The van der Waals surface area contributed by atoms with Gasteiger partial charge in [0, 0.05) is 18.6 Å². The minimum Gasteiger partial charge on any atom is -0.363 e. The lowest BCUT2D eigenvalue weighted by atomic mass is 10.0. The molecule has 0 amide bonds. The first-order valence-electron chi connectivity index (χ1n) is 6.76. The lowest BCUT2D eigenvalue weighted by molar-refractivity contribution is -0.145. The Hall–Kier alpha value is -1.39. The molecule has 2 aromatic carbocycles. The first-order chi connectivity index (χ1) is 9.78. The standard InChI is InChI=1S/C16H16BrNO2/c1-2-19-15-10-14(17)16(18-20-15)13-8-7-11-5-3-4-6-12(11)9-13/h3-9,14-15H,2,10H2,1H3/t14-,15+/m0/s1. The van der Waals surface area contributed by atoms with Gasteiger partial charge in [-0.3, -0.25) is 0 Å². The molecule has 0 saturated carbocycles. The third-order valence-corrected chi connectivity index (χ3v) is 4.17. The van der Waals surface area contributed by atoms with E-state index in [0.717, 1.165) is 17.7 Å². The van der Waals surface area contributed by atoms with E-state index in [9.17, 15) is 0 Å². The predicted molar refractivity (Wildman–Crippen MR) is 84.3 cm³/mol. The van der Waals surface area contributed by atoms with Gasteiger partial charge in [-0.05, 0) is 23.8 Å². The molecule has 1 aliphatic heterocycles. The lowest BCUT2D eigenvalue weighted by Crippen LogP contribution is -2.30. The fraction of sp³-hybridized carbons (Fsp3) is 0.312. The molecule has 3 nitrogen and oxygen atoms in total. The first kappa shape index (κ1) is 13.6. The van der Waals surface area contributed by atoms with Gasteiger partial charge >= 0.3 is 0 Å². The van der Waals surface area contributed by atoms with Crippen molar-refractivity contribution in [1.29, 1.82) is 0 Å². The number of alkyl halides is 1. The molecule has 0 radical (unpaired) electrons. The summed E-state index contributed by atoms with van der Waals surface area (Å²) in [5, 5.41) is 6.67. The third kappa shape index (κ3) is 2.72. The van der Waals surface area contributed by atoms with Crippen LogP contribution in [0.1, 0.15) is 18.9 Å². The number of nitrogens with zero attached hydrogens (tertiary/aromatic N) is 1. The van der Waals surface area contributed by atoms with Crippen LogP contribution in [0.5, 0.6) is 0 Å². The van der Waals surface area contributed by atoms with Crippen LogP contribution < -0.4 is 0 Å². The topological polar surface area (TPSA) is 30.8 Å². The summed E-state index contributed by atoms with van der Waals surface area (Å²) in [4.78, 5) is 5.55. The summed E-state index contributed by atoms with van der Waals surface area (Å²) >= 11 is 3.68. The summed E-state index contributed by atoms with van der Waals surface area (Å²) in [5.41, 5.74) is 2.01. The molecular weight excluding hydrogens is 318 g/mol. The molecule has 0 saturated heterocycles. The third-order valence-electron chi connectivity index (χ3n) is 3.36. The Kier molecular flexibility index (Phi) is 4.03. The lowest BCUT2D eigenvalue weighted by Gasteiger charge is -2.24. The number of hydrogen-bond donors (Lipinski definition) is 0. The van der Waals surface area contributed by atoms with Gasteiger partial charge in [0.2, 0.25) is 6.29 Å². The van der Waals surface area contributed by atoms with Gasteiger partial charge in [-0.2, -0.15) is 0 Å². The van der Waals surface area contributed by atoms with Crippen LogP contribution in [0.15, 0.2) is 47.6 Å². The van der Waals surface area contributed by atoms with Crippen molar-refractivity contribution in [2.45, 2.75) is 24.5 Å². The van der Waals surface area contributed by atoms with Crippen LogP contribution in [-0.4, -0.2) is 23.4 Å². The molecule has 0 aromatic heterocycles. The second-order valence-electron chi connectivity index (χ2n) is 4.73. The zero-order valence-corrected chi connectivity index (χ0v) is 12.8. The van der Waals surface area contributed by atoms with Gasteiger partial charge in [-0.25, -0.2) is 0 Å². The number of fused-ring (bicyclic) bond motifs is 1. The van der Waals surface area contributed by atoms with Crippen LogP contribution in [0.25, 0.3) is 10.8 Å². The molecule has 1 aliphatic rings. The maximum absolute atomic E-state index is 5.45. The summed E-state index contributed by atoms with van der Waals surface area (Å²) < 4.78 is 5.45. The van der Waals surface area contributed by atoms with E-state index in [1.807, 2.05) is 19.1 Å². The van der Waals surface area contributed by atoms with Gasteiger partial charge in [0.05, 0.1) is 4.83 Å². The molecular formula is C16H16BrNO2. The molecule has 0 unspecified atom stereocenters. The molecule has 0 spiro atoms. The smallest absolute Gasteiger partial charge is 0.228 e. The molecule has 0 N–H and O–H groups in total. The van der Waals surface area contributed by atoms with Crippen molar-refractivity contribution in [2.24, 2.45) is 5.16 Å². The maximum atomic E-state index is 5.45. The first-order valence-corrected chi connectivity index (χ1v) is 7.68. The summed E-state index contributed by atoms with van der Waals surface area (Å²) in [6, 6.07) is 14.6. The maximum Gasteiger partial charge on any atom is 0.228 e. The summed E-state index contributed by atoms with van der Waals surface area (Å²) in [6.07, 6.45) is 0.507. The van der Waals surface area contributed by atoms with Gasteiger partial charge in [-0.1, -0.05) is 57.5 Å². The van der Waals surface area contributed by atoms with Crippen LogP contribution in [0.4, 0.5) is 0 Å². The summed E-state index contributed by atoms with van der Waals surface area (Å²) in [7, 11) is 0. The Labute approximate surface area is 126 Å². The van der Waals surface area contributed by atoms with Gasteiger partial charge in [0.1, 0.15) is 5.71 Å². The van der Waals surface area contributed by atoms with Crippen molar-refractivity contribution >= 4 is 32.4 Å². The zero-order valence-electron chi connectivity index (χ0n) is 11.3. The highest BCUT2D eigenvalue weighted by molar-refractivity contribution is 9.10. The zero-order chi connectivity index (χ0) is 13.9. The van der Waals surface area contributed by atoms with Crippen molar-refractivity contribution in [3.8, 4) is 0 Å². The van der Waals surface area contributed by atoms with Crippen LogP contribution in [-0.2, 0) is 9.57 Å². The highest BCUT2D eigenvalue weighted by Gasteiger charge is 2.27. The van der Waals surface area contributed by atoms with Gasteiger partial charge in [0.15, 0.2) is 0 Å². The van der Waals surface area contributed by atoms with Crippen molar-refractivity contribution in [2.75, 3.05) is 6.61 Å². The molecule has 1 heterocycles. The van der Waals surface area contributed by atoms with Crippen LogP contribution in [0.2, 0.25) is 0 Å². The normalized spacial score (nSPS) is 22.4. The minimum atomic E-state index is -0.256. The molecule has 20 heavy (non-hydrogen) atoms. The Bertz CT molecular complexity index is 641. The molecule has 4 heteroatoms. The Morgan fingerprint density at radius 1 is 1.25 bits per heavy atom. The minimum absolute atomic E-state index is 0.147. The predicted octanol–water partition coefficient (Wildman–Crippen LogP) is 4.09. The van der Waals surface area contributed by atoms with E-state index < -0.39 is 0 Å². The molecule has 0 bridgehead atoms. The average Bonchev–Trinajstić information content (AvgIpc) is 2.47. The van der Waals surface area contributed by atoms with Gasteiger partial charge < -0.3 is 9.57 Å². The fourth-order valence-corrected chi connectivity index (χ4v) is 3.02. The number of ether oxygens (including phenoxy) is 1. The molecule has 3 rings (SSSR count). The molecule has 0 fully saturated rings. The van der Waals surface area contributed by atoms with Crippen molar-refractivity contribution < 1.29 is 9.57 Å². The number of oxime groups is 1. The van der Waals surface area contributed by atoms with E-state index in [-0.39, 0.29) is 11.1 Å². The van der Waals surface area contributed by atoms with E-state index in [0.29, 0.717) is 6.61 Å². The molecule has 2 atom stereocenters. The van der Waals surface area contributed by atoms with Gasteiger partial charge in [0.25, 0.3) is 0 Å². The summed E-state index contributed by atoms with van der Waals surface area (Å²) in [6.45, 7) is 2.58. The van der Waals surface area contributed by atoms with Crippen LogP contribution >= 0.6 is 15.9 Å². The summed E-state index contributed by atoms with van der Waals surface area (Å²) in [5.74, 6) is 0.